The second kappa shape index (κ2) is 9.54. The summed E-state index contributed by atoms with van der Waals surface area (Å²) in [7, 11) is 0. The topological polar surface area (TPSA) is 73.5 Å². The number of anilines is 2. The first kappa shape index (κ1) is 21.4. The third-order valence-corrected chi connectivity index (χ3v) is 6.47. The van der Waals surface area contributed by atoms with Crippen LogP contribution in [0.2, 0.25) is 0 Å². The predicted octanol–water partition coefficient (Wildman–Crippen LogP) is 2.92. The Kier molecular flexibility index (Phi) is 6.59. The van der Waals surface area contributed by atoms with Crippen molar-refractivity contribution in [3.63, 3.8) is 0 Å². The van der Waals surface area contributed by atoms with Crippen molar-refractivity contribution in [2.24, 2.45) is 0 Å². The van der Waals surface area contributed by atoms with Gasteiger partial charge in [0.1, 0.15) is 11.9 Å². The standard InChI is InChI=1S/C24H31N5O2/c1-18-19(2)29(16-21-9-6-14-31-21)24(22(18)15-25)26-23(30)17-27-10-12-28(13-11-27)20-7-4-3-5-8-20/h3-5,7-8,21H,6,9-14,16-17H2,1-2H3,(H,26,30)/t21-/m0/s1. The summed E-state index contributed by atoms with van der Waals surface area (Å²) in [6.07, 6.45) is 2.21. The Morgan fingerprint density at radius 1 is 1.19 bits per heavy atom. The number of nitrogens with one attached hydrogen (secondary N) is 1. The van der Waals surface area contributed by atoms with Gasteiger partial charge < -0.3 is 19.5 Å². The molecule has 0 aliphatic carbocycles. The van der Waals surface area contributed by atoms with Gasteiger partial charge in [-0.15, -0.1) is 0 Å². The van der Waals surface area contributed by atoms with Crippen LogP contribution in [0.4, 0.5) is 11.5 Å². The van der Waals surface area contributed by atoms with Crippen LogP contribution in [0.1, 0.15) is 29.7 Å². The quantitative estimate of drug-likeness (QED) is 0.776. The van der Waals surface area contributed by atoms with E-state index in [1.807, 2.05) is 19.9 Å². The number of carbonyl (C=O) groups is 1. The van der Waals surface area contributed by atoms with Gasteiger partial charge >= 0.3 is 0 Å². The van der Waals surface area contributed by atoms with Crippen molar-refractivity contribution in [3.05, 3.63) is 47.2 Å². The molecule has 0 bridgehead atoms. The lowest BCUT2D eigenvalue weighted by Crippen LogP contribution is -2.48. The van der Waals surface area contributed by atoms with Gasteiger partial charge in [-0.05, 0) is 44.4 Å². The van der Waals surface area contributed by atoms with Crippen LogP contribution in [0.15, 0.2) is 30.3 Å². The summed E-state index contributed by atoms with van der Waals surface area (Å²) in [6, 6.07) is 12.7. The fourth-order valence-electron chi connectivity index (χ4n) is 4.53. The third kappa shape index (κ3) is 4.76. The molecule has 1 aromatic carbocycles. The fourth-order valence-corrected chi connectivity index (χ4v) is 4.53. The molecule has 2 aromatic rings. The molecule has 0 saturated carbocycles. The highest BCUT2D eigenvalue weighted by atomic mass is 16.5. The van der Waals surface area contributed by atoms with Gasteiger partial charge in [0.25, 0.3) is 0 Å². The lowest BCUT2D eigenvalue weighted by molar-refractivity contribution is -0.117. The molecule has 1 N–H and O–H groups in total. The molecule has 7 heteroatoms. The Hall–Kier alpha value is -2.82. The minimum Gasteiger partial charge on any atom is -0.376 e. The van der Waals surface area contributed by atoms with Crippen LogP contribution in [0.3, 0.4) is 0 Å². The maximum atomic E-state index is 12.9. The third-order valence-electron chi connectivity index (χ3n) is 6.47. The van der Waals surface area contributed by atoms with Crippen LogP contribution >= 0.6 is 0 Å². The number of ether oxygens (including phenoxy) is 1. The minimum atomic E-state index is -0.0734. The monoisotopic (exact) mass is 421 g/mol. The zero-order chi connectivity index (χ0) is 21.8. The molecule has 2 fully saturated rings. The maximum Gasteiger partial charge on any atom is 0.239 e. The SMILES string of the molecule is Cc1c(C#N)c(NC(=O)CN2CCN(c3ccccc3)CC2)n(C[C@@H]2CCCO2)c1C. The van der Waals surface area contributed by atoms with Gasteiger partial charge in [-0.25, -0.2) is 0 Å². The number of hydrogen-bond acceptors (Lipinski definition) is 5. The van der Waals surface area contributed by atoms with E-state index in [0.717, 1.165) is 56.9 Å². The van der Waals surface area contributed by atoms with Crippen LogP contribution < -0.4 is 10.2 Å². The van der Waals surface area contributed by atoms with Crippen LogP contribution in [0.5, 0.6) is 0 Å². The van der Waals surface area contributed by atoms with E-state index in [-0.39, 0.29) is 12.0 Å². The molecule has 1 atom stereocenters. The summed E-state index contributed by atoms with van der Waals surface area (Å²) in [4.78, 5) is 17.4. The average Bonchev–Trinajstić information content (AvgIpc) is 3.38. The van der Waals surface area contributed by atoms with Crippen LogP contribution in [-0.4, -0.2) is 60.8 Å². The summed E-state index contributed by atoms with van der Waals surface area (Å²) in [5.74, 6) is 0.539. The van der Waals surface area contributed by atoms with Gasteiger partial charge in [-0.1, -0.05) is 18.2 Å². The van der Waals surface area contributed by atoms with Gasteiger partial charge in [0.15, 0.2) is 0 Å². The number of benzene rings is 1. The van der Waals surface area contributed by atoms with Crippen LogP contribution in [0.25, 0.3) is 0 Å². The number of amides is 1. The molecule has 31 heavy (non-hydrogen) atoms. The number of nitrogens with zero attached hydrogens (tertiary/aromatic N) is 4. The Labute approximate surface area is 184 Å². The van der Waals surface area contributed by atoms with E-state index in [1.165, 1.54) is 5.69 Å². The fraction of sp³-hybridized carbons (Fsp3) is 0.500. The molecule has 7 nitrogen and oxygen atoms in total. The van der Waals surface area contributed by atoms with Crippen molar-refractivity contribution in [2.75, 3.05) is 49.5 Å². The van der Waals surface area contributed by atoms with E-state index < -0.39 is 0 Å². The Morgan fingerprint density at radius 2 is 1.94 bits per heavy atom. The van der Waals surface area contributed by atoms with E-state index >= 15 is 0 Å². The maximum absolute atomic E-state index is 12.9. The highest BCUT2D eigenvalue weighted by Gasteiger charge is 2.25. The van der Waals surface area contributed by atoms with Crippen molar-refractivity contribution >= 4 is 17.4 Å². The molecule has 0 spiro atoms. The Morgan fingerprint density at radius 3 is 2.58 bits per heavy atom. The molecule has 2 aliphatic rings. The van der Waals surface area contributed by atoms with Gasteiger partial charge in [-0.3, -0.25) is 9.69 Å². The van der Waals surface area contributed by atoms with E-state index in [9.17, 15) is 10.1 Å². The molecule has 2 saturated heterocycles. The predicted molar refractivity (Wildman–Crippen MR) is 121 cm³/mol. The number of nitriles is 1. The second-order valence-electron chi connectivity index (χ2n) is 8.44. The molecule has 1 aromatic heterocycles. The first-order valence-corrected chi connectivity index (χ1v) is 11.1. The normalized spacial score (nSPS) is 19.4. The van der Waals surface area contributed by atoms with Crippen LogP contribution in [-0.2, 0) is 16.1 Å². The summed E-state index contributed by atoms with van der Waals surface area (Å²) in [5, 5.41) is 12.8. The molecule has 0 radical (unpaired) electrons. The zero-order valence-electron chi connectivity index (χ0n) is 18.4. The molecular weight excluding hydrogens is 390 g/mol. The van der Waals surface area contributed by atoms with Gasteiger partial charge in [0.05, 0.1) is 24.8 Å². The summed E-state index contributed by atoms with van der Waals surface area (Å²) < 4.78 is 7.84. The van der Waals surface area contributed by atoms with Gasteiger partial charge in [0.2, 0.25) is 5.91 Å². The average molecular weight is 422 g/mol. The lowest BCUT2D eigenvalue weighted by atomic mass is 10.2. The molecule has 1 amide bonds. The summed E-state index contributed by atoms with van der Waals surface area (Å²) in [6.45, 7) is 9.19. The molecule has 3 heterocycles. The Bertz CT molecular complexity index is 949. The van der Waals surface area contributed by atoms with E-state index in [2.05, 4.69) is 50.0 Å². The molecule has 164 valence electrons. The number of piperazine rings is 1. The van der Waals surface area contributed by atoms with Gasteiger partial charge in [-0.2, -0.15) is 5.26 Å². The van der Waals surface area contributed by atoms with Crippen LogP contribution in [0, 0.1) is 25.2 Å². The van der Waals surface area contributed by atoms with Crippen molar-refractivity contribution < 1.29 is 9.53 Å². The number of rotatable bonds is 6. The molecule has 0 unspecified atom stereocenters. The number of carbonyl (C=O) groups excluding carboxylic acids is 1. The van der Waals surface area contributed by atoms with Crippen molar-refractivity contribution in [3.8, 4) is 6.07 Å². The van der Waals surface area contributed by atoms with Gasteiger partial charge in [0, 0.05) is 44.2 Å². The van der Waals surface area contributed by atoms with Crippen molar-refractivity contribution in [1.82, 2.24) is 9.47 Å². The van der Waals surface area contributed by atoms with Crippen molar-refractivity contribution in [1.29, 1.82) is 5.26 Å². The highest BCUT2D eigenvalue weighted by Crippen LogP contribution is 2.28. The first-order valence-electron chi connectivity index (χ1n) is 11.1. The van der Waals surface area contributed by atoms with Crippen molar-refractivity contribution in [2.45, 2.75) is 39.3 Å². The Balaban J connectivity index is 1.39. The largest absolute Gasteiger partial charge is 0.376 e. The zero-order valence-corrected chi connectivity index (χ0v) is 18.4. The summed E-state index contributed by atoms with van der Waals surface area (Å²) >= 11 is 0. The van der Waals surface area contributed by atoms with E-state index in [1.54, 1.807) is 0 Å². The van der Waals surface area contributed by atoms with E-state index in [4.69, 9.17) is 4.74 Å². The lowest BCUT2D eigenvalue weighted by Gasteiger charge is -2.35. The van der Waals surface area contributed by atoms with E-state index in [0.29, 0.717) is 24.5 Å². The number of hydrogen-bond donors (Lipinski definition) is 1. The number of aromatic nitrogens is 1. The smallest absolute Gasteiger partial charge is 0.239 e. The second-order valence-corrected chi connectivity index (χ2v) is 8.44. The number of para-hydroxylation sites is 1. The highest BCUT2D eigenvalue weighted by molar-refractivity contribution is 5.93. The molecule has 2 aliphatic heterocycles. The molecular formula is C24H31N5O2. The first-order chi connectivity index (χ1) is 15.1. The minimum absolute atomic E-state index is 0.0734. The summed E-state index contributed by atoms with van der Waals surface area (Å²) in [5.41, 5.74) is 3.71. The molecule has 4 rings (SSSR count).